The number of nitrogens with zero attached hydrogens (tertiary/aromatic N) is 3. The predicted molar refractivity (Wildman–Crippen MR) is 68.6 cm³/mol. The van der Waals surface area contributed by atoms with Gasteiger partial charge in [0.05, 0.1) is 10.5 Å². The van der Waals surface area contributed by atoms with Gasteiger partial charge in [-0.3, -0.25) is 14.8 Å². The molecule has 0 radical (unpaired) electrons. The molecule has 0 spiro atoms. The summed E-state index contributed by atoms with van der Waals surface area (Å²) >= 11 is 0. The lowest BCUT2D eigenvalue weighted by Crippen LogP contribution is -2.07. The van der Waals surface area contributed by atoms with Crippen LogP contribution in [-0.2, 0) is 19.8 Å². The van der Waals surface area contributed by atoms with E-state index in [1.54, 1.807) is 0 Å². The second kappa shape index (κ2) is 5.43. The maximum atomic E-state index is 12.6. The van der Waals surface area contributed by atoms with Crippen molar-refractivity contribution in [2.24, 2.45) is 7.05 Å². The Morgan fingerprint density at radius 3 is 2.76 bits per heavy atom. The van der Waals surface area contributed by atoms with Crippen molar-refractivity contribution in [2.75, 3.05) is 5.32 Å². The first-order valence-electron chi connectivity index (χ1n) is 5.85. The van der Waals surface area contributed by atoms with Gasteiger partial charge in [0.15, 0.2) is 0 Å². The Labute approximate surface area is 117 Å². The van der Waals surface area contributed by atoms with Gasteiger partial charge in [-0.05, 0) is 17.7 Å². The van der Waals surface area contributed by atoms with E-state index in [0.717, 1.165) is 12.1 Å². The largest absolute Gasteiger partial charge is 0.416 e. The van der Waals surface area contributed by atoms with E-state index >= 15 is 0 Å². The van der Waals surface area contributed by atoms with Gasteiger partial charge in [0, 0.05) is 13.6 Å². The van der Waals surface area contributed by atoms with Crippen LogP contribution in [0.25, 0.3) is 0 Å². The molecule has 0 aliphatic rings. The Hall–Kier alpha value is -2.58. The van der Waals surface area contributed by atoms with E-state index in [1.165, 1.54) is 30.1 Å². The van der Waals surface area contributed by atoms with Crippen LogP contribution in [0.1, 0.15) is 11.1 Å². The number of anilines is 1. The van der Waals surface area contributed by atoms with Crippen molar-refractivity contribution in [1.29, 1.82) is 0 Å². The van der Waals surface area contributed by atoms with E-state index < -0.39 is 16.7 Å². The zero-order chi connectivity index (χ0) is 15.6. The predicted octanol–water partition coefficient (Wildman–Crippen LogP) is 2.96. The number of nitro groups is 1. The molecule has 21 heavy (non-hydrogen) atoms. The lowest BCUT2D eigenvalue weighted by molar-refractivity contribution is -0.384. The number of aryl methyl sites for hydroxylation is 1. The molecule has 2 aromatic rings. The summed E-state index contributed by atoms with van der Waals surface area (Å²) in [5.74, 6) is 0.0138. The smallest absolute Gasteiger partial charge is 0.359 e. The summed E-state index contributed by atoms with van der Waals surface area (Å²) in [5, 5.41) is 17.3. The zero-order valence-corrected chi connectivity index (χ0v) is 10.9. The molecule has 1 aromatic carbocycles. The molecule has 0 fully saturated rings. The van der Waals surface area contributed by atoms with Crippen molar-refractivity contribution in [3.63, 3.8) is 0 Å². The number of nitrogens with one attached hydrogen (secondary N) is 1. The molecule has 0 atom stereocenters. The van der Waals surface area contributed by atoms with E-state index in [9.17, 15) is 23.3 Å². The van der Waals surface area contributed by atoms with Gasteiger partial charge in [-0.25, -0.2) is 0 Å². The molecule has 0 aliphatic heterocycles. The summed E-state index contributed by atoms with van der Waals surface area (Å²) in [6.45, 7) is 0.00176. The van der Waals surface area contributed by atoms with Crippen LogP contribution in [0.4, 0.5) is 24.7 Å². The lowest BCUT2D eigenvalue weighted by atomic mass is 10.1. The second-order valence-corrected chi connectivity index (χ2v) is 4.35. The number of benzene rings is 1. The van der Waals surface area contributed by atoms with Gasteiger partial charge in [0.2, 0.25) is 5.82 Å². The quantitative estimate of drug-likeness (QED) is 0.696. The maximum absolute atomic E-state index is 12.6. The first kappa shape index (κ1) is 14.8. The molecule has 6 nitrogen and oxygen atoms in total. The third-order valence-corrected chi connectivity index (χ3v) is 2.72. The summed E-state index contributed by atoms with van der Waals surface area (Å²) in [6.07, 6.45) is -3.21. The Morgan fingerprint density at radius 1 is 1.43 bits per heavy atom. The molecule has 2 rings (SSSR count). The summed E-state index contributed by atoms with van der Waals surface area (Å²) in [5.41, 5.74) is -0.647. The molecule has 0 bridgehead atoms. The standard InChI is InChI=1S/C12H11F3N4O2/c1-18-7-10(19(20)21)11(17-18)16-6-8-3-2-4-9(5-8)12(13,14)15/h2-5,7H,6H2,1H3,(H,16,17). The number of hydrogen-bond donors (Lipinski definition) is 1. The first-order chi connectivity index (χ1) is 9.77. The fourth-order valence-electron chi connectivity index (χ4n) is 1.78. The van der Waals surface area contributed by atoms with Gasteiger partial charge in [-0.15, -0.1) is 5.10 Å². The van der Waals surface area contributed by atoms with Crippen LogP contribution in [0, 0.1) is 10.1 Å². The first-order valence-corrected chi connectivity index (χ1v) is 5.85. The van der Waals surface area contributed by atoms with Gasteiger partial charge in [-0.1, -0.05) is 12.1 Å². The average molecular weight is 300 g/mol. The number of rotatable bonds is 4. The SMILES string of the molecule is Cn1cc([N+](=O)[O-])c(NCc2cccc(C(F)(F)F)c2)n1. The van der Waals surface area contributed by atoms with Gasteiger partial charge < -0.3 is 5.32 Å². The van der Waals surface area contributed by atoms with Crippen LogP contribution < -0.4 is 5.32 Å². The van der Waals surface area contributed by atoms with E-state index in [4.69, 9.17) is 0 Å². The highest BCUT2D eigenvalue weighted by atomic mass is 19.4. The minimum Gasteiger partial charge on any atom is -0.359 e. The Kier molecular flexibility index (Phi) is 3.83. The van der Waals surface area contributed by atoms with Crippen LogP contribution in [0.2, 0.25) is 0 Å². The molecule has 0 aliphatic carbocycles. The van der Waals surface area contributed by atoms with Crippen LogP contribution in [0.3, 0.4) is 0 Å². The summed E-state index contributed by atoms with van der Waals surface area (Å²) in [7, 11) is 1.52. The number of halogens is 3. The van der Waals surface area contributed by atoms with E-state index in [-0.39, 0.29) is 18.1 Å². The van der Waals surface area contributed by atoms with Crippen LogP contribution >= 0.6 is 0 Å². The van der Waals surface area contributed by atoms with E-state index in [1.807, 2.05) is 0 Å². The Bertz CT molecular complexity index is 667. The molecule has 0 saturated heterocycles. The fourth-order valence-corrected chi connectivity index (χ4v) is 1.78. The average Bonchev–Trinajstić information content (AvgIpc) is 2.77. The minimum atomic E-state index is -4.42. The number of aromatic nitrogens is 2. The Morgan fingerprint density at radius 2 is 2.14 bits per heavy atom. The molecule has 112 valence electrons. The highest BCUT2D eigenvalue weighted by Crippen LogP contribution is 2.30. The van der Waals surface area contributed by atoms with Gasteiger partial charge >= 0.3 is 11.9 Å². The van der Waals surface area contributed by atoms with Crippen molar-refractivity contribution in [3.05, 3.63) is 51.7 Å². The van der Waals surface area contributed by atoms with Crippen LogP contribution in [0.15, 0.2) is 30.5 Å². The third kappa shape index (κ3) is 3.50. The van der Waals surface area contributed by atoms with Crippen molar-refractivity contribution in [2.45, 2.75) is 12.7 Å². The lowest BCUT2D eigenvalue weighted by Gasteiger charge is -2.09. The minimum absolute atomic E-state index is 0.00176. The van der Waals surface area contributed by atoms with Crippen LogP contribution in [-0.4, -0.2) is 14.7 Å². The molecule has 1 aromatic heterocycles. The molecule has 1 N–H and O–H groups in total. The number of alkyl halides is 3. The van der Waals surface area contributed by atoms with Crippen molar-refractivity contribution in [3.8, 4) is 0 Å². The summed E-state index contributed by atoms with van der Waals surface area (Å²) in [6, 6.07) is 4.73. The molecule has 1 heterocycles. The monoisotopic (exact) mass is 300 g/mol. The Balaban J connectivity index is 2.15. The van der Waals surface area contributed by atoms with E-state index in [0.29, 0.717) is 5.56 Å². The van der Waals surface area contributed by atoms with Gasteiger partial charge in [0.25, 0.3) is 0 Å². The number of hydrogen-bond acceptors (Lipinski definition) is 4. The van der Waals surface area contributed by atoms with Gasteiger partial charge in [-0.2, -0.15) is 13.2 Å². The van der Waals surface area contributed by atoms with Crippen molar-refractivity contribution >= 4 is 11.5 Å². The normalized spacial score (nSPS) is 11.4. The van der Waals surface area contributed by atoms with Crippen molar-refractivity contribution in [1.82, 2.24) is 9.78 Å². The molecular formula is C12H11F3N4O2. The second-order valence-electron chi connectivity index (χ2n) is 4.35. The molecule has 9 heteroatoms. The topological polar surface area (TPSA) is 73.0 Å². The van der Waals surface area contributed by atoms with Crippen LogP contribution in [0.5, 0.6) is 0 Å². The molecule has 0 amide bonds. The molecular weight excluding hydrogens is 289 g/mol. The fraction of sp³-hybridized carbons (Fsp3) is 0.250. The highest BCUT2D eigenvalue weighted by Gasteiger charge is 2.30. The third-order valence-electron chi connectivity index (χ3n) is 2.72. The highest BCUT2D eigenvalue weighted by molar-refractivity contribution is 5.54. The van der Waals surface area contributed by atoms with Crippen molar-refractivity contribution < 1.29 is 18.1 Å². The maximum Gasteiger partial charge on any atom is 0.416 e. The molecule has 0 saturated carbocycles. The summed E-state index contributed by atoms with van der Waals surface area (Å²) in [4.78, 5) is 10.2. The van der Waals surface area contributed by atoms with Gasteiger partial charge in [0.1, 0.15) is 6.20 Å². The molecule has 0 unspecified atom stereocenters. The van der Waals surface area contributed by atoms with E-state index in [2.05, 4.69) is 10.4 Å². The zero-order valence-electron chi connectivity index (χ0n) is 10.9. The summed E-state index contributed by atoms with van der Waals surface area (Å²) < 4.78 is 39.0.